The highest BCUT2D eigenvalue weighted by atomic mass is 16.5. The zero-order chi connectivity index (χ0) is 12.3. The van der Waals surface area contributed by atoms with Crippen LogP contribution in [0.25, 0.3) is 0 Å². The second kappa shape index (κ2) is 5.42. The summed E-state index contributed by atoms with van der Waals surface area (Å²) in [6.45, 7) is 5.09. The largest absolute Gasteiger partial charge is 0.368 e. The van der Waals surface area contributed by atoms with Gasteiger partial charge in [0.1, 0.15) is 6.10 Å². The van der Waals surface area contributed by atoms with Crippen molar-refractivity contribution in [1.29, 1.82) is 0 Å². The molecule has 5 heteroatoms. The fourth-order valence-corrected chi connectivity index (χ4v) is 1.96. The van der Waals surface area contributed by atoms with Gasteiger partial charge < -0.3 is 9.64 Å². The van der Waals surface area contributed by atoms with Crippen LogP contribution in [-0.4, -0.2) is 53.3 Å². The van der Waals surface area contributed by atoms with E-state index in [9.17, 15) is 4.79 Å². The third kappa shape index (κ3) is 3.14. The molecule has 1 aromatic rings. The van der Waals surface area contributed by atoms with Crippen molar-refractivity contribution < 1.29 is 9.53 Å². The summed E-state index contributed by atoms with van der Waals surface area (Å²) < 4.78 is 7.33. The van der Waals surface area contributed by atoms with Crippen molar-refractivity contribution in [2.75, 3.05) is 26.7 Å². The first kappa shape index (κ1) is 12.3. The topological polar surface area (TPSA) is 47.4 Å². The van der Waals surface area contributed by atoms with Gasteiger partial charge in [0.25, 0.3) is 0 Å². The number of carbonyl (C=O) groups is 1. The number of nitrogens with zero attached hydrogens (tertiary/aromatic N) is 3. The first-order valence-corrected chi connectivity index (χ1v) is 6.03. The summed E-state index contributed by atoms with van der Waals surface area (Å²) in [5.74, 6) is 0.146. The molecule has 1 aromatic heterocycles. The molecule has 0 saturated carbocycles. The Morgan fingerprint density at radius 1 is 1.65 bits per heavy atom. The van der Waals surface area contributed by atoms with Crippen molar-refractivity contribution >= 4 is 5.78 Å². The van der Waals surface area contributed by atoms with Crippen LogP contribution in [0, 0.1) is 0 Å². The molecular weight excluding hydrogens is 218 g/mol. The fraction of sp³-hybridized carbons (Fsp3) is 0.667. The third-order valence-electron chi connectivity index (χ3n) is 3.02. The number of aryl methyl sites for hydroxylation is 1. The lowest BCUT2D eigenvalue weighted by Crippen LogP contribution is -2.44. The molecule has 0 radical (unpaired) electrons. The zero-order valence-electron chi connectivity index (χ0n) is 10.4. The molecule has 0 spiro atoms. The van der Waals surface area contributed by atoms with Crippen molar-refractivity contribution in [2.45, 2.75) is 26.0 Å². The molecule has 2 rings (SSSR count). The molecule has 1 atom stereocenters. The molecule has 1 aliphatic rings. The van der Waals surface area contributed by atoms with Gasteiger partial charge in [0.2, 0.25) is 0 Å². The first-order valence-electron chi connectivity index (χ1n) is 6.03. The van der Waals surface area contributed by atoms with Crippen LogP contribution in [0.4, 0.5) is 0 Å². The summed E-state index contributed by atoms with van der Waals surface area (Å²) >= 11 is 0. The number of rotatable bonds is 4. The molecule has 0 amide bonds. The smallest absolute Gasteiger partial charge is 0.167 e. The first-order chi connectivity index (χ1) is 8.19. The Labute approximate surface area is 101 Å². The van der Waals surface area contributed by atoms with Crippen LogP contribution in [-0.2, 0) is 22.5 Å². The quantitative estimate of drug-likeness (QED) is 0.758. The second-order valence-corrected chi connectivity index (χ2v) is 4.47. The molecule has 1 unspecified atom stereocenters. The standard InChI is InChI=1S/C12H19N3O2/c1-3-15-8-10(7-13-15)6-11(16)12-9-14(2)4-5-17-12/h7-8,12H,3-6,9H2,1-2H3. The number of ketones is 1. The maximum absolute atomic E-state index is 12.0. The number of hydrogen-bond acceptors (Lipinski definition) is 4. The van der Waals surface area contributed by atoms with Crippen molar-refractivity contribution in [3.05, 3.63) is 18.0 Å². The van der Waals surface area contributed by atoms with E-state index in [4.69, 9.17) is 4.74 Å². The average Bonchev–Trinajstić information content (AvgIpc) is 2.77. The van der Waals surface area contributed by atoms with E-state index >= 15 is 0 Å². The van der Waals surface area contributed by atoms with Crippen LogP contribution in [0.1, 0.15) is 12.5 Å². The predicted octanol–water partition coefficient (Wildman–Crippen LogP) is 0.345. The van der Waals surface area contributed by atoms with Crippen molar-refractivity contribution in [3.8, 4) is 0 Å². The van der Waals surface area contributed by atoms with E-state index < -0.39 is 0 Å². The lowest BCUT2D eigenvalue weighted by atomic mass is 10.1. The molecule has 5 nitrogen and oxygen atoms in total. The lowest BCUT2D eigenvalue weighted by Gasteiger charge is -2.28. The van der Waals surface area contributed by atoms with Crippen LogP contribution in [0.3, 0.4) is 0 Å². The van der Waals surface area contributed by atoms with Gasteiger partial charge in [-0.15, -0.1) is 0 Å². The molecule has 1 fully saturated rings. The highest BCUT2D eigenvalue weighted by molar-refractivity contribution is 5.85. The van der Waals surface area contributed by atoms with Gasteiger partial charge in [-0.25, -0.2) is 0 Å². The van der Waals surface area contributed by atoms with E-state index in [1.165, 1.54) is 0 Å². The molecule has 17 heavy (non-hydrogen) atoms. The Hall–Kier alpha value is -1.20. The van der Waals surface area contributed by atoms with E-state index in [-0.39, 0.29) is 11.9 Å². The SMILES string of the molecule is CCn1cc(CC(=O)C2CN(C)CCO2)cn1. The summed E-state index contributed by atoms with van der Waals surface area (Å²) in [5.41, 5.74) is 0.966. The number of morpholine rings is 1. The highest BCUT2D eigenvalue weighted by Crippen LogP contribution is 2.08. The molecule has 0 N–H and O–H groups in total. The van der Waals surface area contributed by atoms with Crippen LogP contribution in [0.15, 0.2) is 12.4 Å². The molecule has 1 aliphatic heterocycles. The molecule has 2 heterocycles. The highest BCUT2D eigenvalue weighted by Gasteiger charge is 2.24. The normalized spacial score (nSPS) is 21.6. The Kier molecular flexibility index (Phi) is 3.91. The molecule has 0 bridgehead atoms. The summed E-state index contributed by atoms with van der Waals surface area (Å²) in [6, 6.07) is 0. The molecule has 0 aromatic carbocycles. The van der Waals surface area contributed by atoms with Crippen LogP contribution in [0.5, 0.6) is 0 Å². The van der Waals surface area contributed by atoms with Crippen molar-refractivity contribution in [3.63, 3.8) is 0 Å². The van der Waals surface area contributed by atoms with Crippen molar-refractivity contribution in [2.24, 2.45) is 0 Å². The van der Waals surface area contributed by atoms with E-state index in [0.717, 1.165) is 18.7 Å². The molecule has 0 aliphatic carbocycles. The zero-order valence-corrected chi connectivity index (χ0v) is 10.4. The van der Waals surface area contributed by atoms with E-state index in [1.807, 2.05) is 24.9 Å². The molecular formula is C12H19N3O2. The van der Waals surface area contributed by atoms with Gasteiger partial charge in [-0.05, 0) is 19.5 Å². The summed E-state index contributed by atoms with van der Waals surface area (Å²) in [6.07, 6.45) is 3.82. The number of likely N-dealkylation sites (N-methyl/N-ethyl adjacent to an activating group) is 1. The van der Waals surface area contributed by atoms with E-state index in [2.05, 4.69) is 10.00 Å². The second-order valence-electron chi connectivity index (χ2n) is 4.47. The lowest BCUT2D eigenvalue weighted by molar-refractivity contribution is -0.134. The van der Waals surface area contributed by atoms with Gasteiger partial charge in [-0.3, -0.25) is 9.48 Å². The maximum atomic E-state index is 12.0. The Morgan fingerprint density at radius 3 is 3.12 bits per heavy atom. The fourth-order valence-electron chi connectivity index (χ4n) is 1.96. The Morgan fingerprint density at radius 2 is 2.47 bits per heavy atom. The number of hydrogen-bond donors (Lipinski definition) is 0. The minimum Gasteiger partial charge on any atom is -0.368 e. The van der Waals surface area contributed by atoms with E-state index in [1.54, 1.807) is 6.20 Å². The van der Waals surface area contributed by atoms with Crippen LogP contribution in [0.2, 0.25) is 0 Å². The number of ether oxygens (including phenoxy) is 1. The van der Waals surface area contributed by atoms with E-state index in [0.29, 0.717) is 19.6 Å². The van der Waals surface area contributed by atoms with Crippen LogP contribution >= 0.6 is 0 Å². The summed E-state index contributed by atoms with van der Waals surface area (Å²) in [7, 11) is 2.01. The van der Waals surface area contributed by atoms with Crippen molar-refractivity contribution in [1.82, 2.24) is 14.7 Å². The van der Waals surface area contributed by atoms with Gasteiger partial charge in [-0.2, -0.15) is 5.10 Å². The minimum absolute atomic E-state index is 0.146. The number of aromatic nitrogens is 2. The number of Topliss-reactive ketones (excluding diaryl/α,β-unsaturated/α-hetero) is 1. The Balaban J connectivity index is 1.91. The summed E-state index contributed by atoms with van der Waals surface area (Å²) in [5, 5.41) is 4.16. The average molecular weight is 237 g/mol. The third-order valence-corrected chi connectivity index (χ3v) is 3.02. The molecule has 94 valence electrons. The Bertz CT molecular complexity index is 389. The predicted molar refractivity (Wildman–Crippen MR) is 63.8 cm³/mol. The monoisotopic (exact) mass is 237 g/mol. The number of carbonyl (C=O) groups excluding carboxylic acids is 1. The molecule has 1 saturated heterocycles. The minimum atomic E-state index is -0.279. The van der Waals surface area contributed by atoms with Gasteiger partial charge in [0.05, 0.1) is 12.8 Å². The van der Waals surface area contributed by atoms with Gasteiger partial charge in [0.15, 0.2) is 5.78 Å². The van der Waals surface area contributed by atoms with Gasteiger partial charge in [0, 0.05) is 32.3 Å². The van der Waals surface area contributed by atoms with Gasteiger partial charge in [-0.1, -0.05) is 0 Å². The summed E-state index contributed by atoms with van der Waals surface area (Å²) in [4.78, 5) is 14.1. The van der Waals surface area contributed by atoms with Crippen LogP contribution < -0.4 is 0 Å². The van der Waals surface area contributed by atoms with Gasteiger partial charge >= 0.3 is 0 Å². The maximum Gasteiger partial charge on any atom is 0.167 e.